The summed E-state index contributed by atoms with van der Waals surface area (Å²) >= 11 is 1.65. The normalized spacial score (nSPS) is 11.0. The zero-order valence-corrected chi connectivity index (χ0v) is 18.6. The molecule has 0 fully saturated rings. The molecule has 1 heterocycles. The number of hydrogen-bond donors (Lipinski definition) is 3. The number of amides is 1. The summed E-state index contributed by atoms with van der Waals surface area (Å²) in [5.41, 5.74) is 2.78. The summed E-state index contributed by atoms with van der Waals surface area (Å²) in [7, 11) is 3.36. The lowest BCUT2D eigenvalue weighted by Gasteiger charge is -2.11. The number of carbonyl (C=O) groups excluding carboxylic acids is 1. The molecular formula is C18H26IN5OS. The number of guanidine groups is 1. The molecule has 1 amide bonds. The third-order valence-electron chi connectivity index (χ3n) is 3.67. The van der Waals surface area contributed by atoms with Gasteiger partial charge in [-0.3, -0.25) is 9.79 Å². The molecule has 0 aliphatic carbocycles. The predicted octanol–water partition coefficient (Wildman–Crippen LogP) is 3.11. The van der Waals surface area contributed by atoms with Crippen molar-refractivity contribution >= 4 is 47.2 Å². The maximum Gasteiger partial charge on any atom is 0.251 e. The first-order valence-electron chi connectivity index (χ1n) is 8.23. The first kappa shape index (κ1) is 22.4. The van der Waals surface area contributed by atoms with Crippen molar-refractivity contribution in [1.29, 1.82) is 0 Å². The van der Waals surface area contributed by atoms with E-state index in [2.05, 4.69) is 45.2 Å². The van der Waals surface area contributed by atoms with Crippen molar-refractivity contribution in [1.82, 2.24) is 20.9 Å². The molecule has 0 bridgehead atoms. The van der Waals surface area contributed by atoms with E-state index in [4.69, 9.17) is 0 Å². The average Bonchev–Trinajstić information content (AvgIpc) is 3.11. The van der Waals surface area contributed by atoms with Gasteiger partial charge in [-0.2, -0.15) is 0 Å². The van der Waals surface area contributed by atoms with Crippen LogP contribution in [0.5, 0.6) is 0 Å². The zero-order valence-electron chi connectivity index (χ0n) is 15.5. The fourth-order valence-electron chi connectivity index (χ4n) is 2.20. The van der Waals surface area contributed by atoms with Crippen LogP contribution in [-0.2, 0) is 13.1 Å². The van der Waals surface area contributed by atoms with Crippen molar-refractivity contribution in [3.05, 3.63) is 51.5 Å². The van der Waals surface area contributed by atoms with Gasteiger partial charge in [-0.05, 0) is 23.6 Å². The number of rotatable bonds is 6. The van der Waals surface area contributed by atoms with Crippen molar-refractivity contribution in [2.45, 2.75) is 32.9 Å². The Hall–Kier alpha value is -1.68. The van der Waals surface area contributed by atoms with Gasteiger partial charge < -0.3 is 16.0 Å². The molecule has 0 atom stereocenters. The molecule has 1 aromatic heterocycles. The highest BCUT2D eigenvalue weighted by molar-refractivity contribution is 14.0. The molecule has 3 N–H and O–H groups in total. The smallest absolute Gasteiger partial charge is 0.251 e. The minimum Gasteiger partial charge on any atom is -0.355 e. The number of nitrogens with one attached hydrogen (secondary N) is 3. The number of thiazole rings is 1. The highest BCUT2D eigenvalue weighted by Crippen LogP contribution is 2.17. The van der Waals surface area contributed by atoms with Crippen LogP contribution in [0.3, 0.4) is 0 Å². The van der Waals surface area contributed by atoms with E-state index in [0.717, 1.165) is 16.3 Å². The topological polar surface area (TPSA) is 78.4 Å². The lowest BCUT2D eigenvalue weighted by atomic mass is 10.1. The molecule has 8 heteroatoms. The Kier molecular flexibility index (Phi) is 9.57. The number of halogens is 1. The molecular weight excluding hydrogens is 461 g/mol. The summed E-state index contributed by atoms with van der Waals surface area (Å²) in [4.78, 5) is 20.5. The Bertz CT molecular complexity index is 745. The molecule has 0 saturated carbocycles. The van der Waals surface area contributed by atoms with Crippen LogP contribution in [-0.4, -0.2) is 30.9 Å². The fourth-order valence-corrected chi connectivity index (χ4v) is 3.10. The minimum atomic E-state index is -0.0888. The maximum atomic E-state index is 11.7. The van der Waals surface area contributed by atoms with Gasteiger partial charge in [0.1, 0.15) is 5.01 Å². The molecule has 0 unspecified atom stereocenters. The second kappa shape index (κ2) is 11.1. The van der Waals surface area contributed by atoms with E-state index in [0.29, 0.717) is 30.5 Å². The Labute approximate surface area is 175 Å². The van der Waals surface area contributed by atoms with Crippen LogP contribution in [0.15, 0.2) is 34.6 Å². The van der Waals surface area contributed by atoms with Crippen LogP contribution < -0.4 is 16.0 Å². The number of aromatic nitrogens is 1. The van der Waals surface area contributed by atoms with Crippen LogP contribution in [0.2, 0.25) is 0 Å². The highest BCUT2D eigenvalue weighted by Gasteiger charge is 2.07. The molecule has 2 aromatic rings. The first-order chi connectivity index (χ1) is 12.0. The molecule has 0 radical (unpaired) electrons. The van der Waals surface area contributed by atoms with Gasteiger partial charge in [-0.25, -0.2) is 4.98 Å². The van der Waals surface area contributed by atoms with E-state index in [9.17, 15) is 4.79 Å². The fraction of sp³-hybridized carbons (Fsp3) is 0.389. The molecule has 2 rings (SSSR count). The molecule has 0 aliphatic heterocycles. The van der Waals surface area contributed by atoms with Crippen LogP contribution in [0, 0.1) is 0 Å². The first-order valence-corrected chi connectivity index (χ1v) is 9.11. The van der Waals surface area contributed by atoms with E-state index < -0.39 is 0 Å². The summed E-state index contributed by atoms with van der Waals surface area (Å²) in [6.45, 7) is 5.49. The monoisotopic (exact) mass is 487 g/mol. The van der Waals surface area contributed by atoms with Gasteiger partial charge in [0, 0.05) is 31.6 Å². The Morgan fingerprint density at radius 2 is 2.00 bits per heavy atom. The maximum absolute atomic E-state index is 11.7. The molecule has 1 aromatic carbocycles. The van der Waals surface area contributed by atoms with Crippen molar-refractivity contribution in [2.75, 3.05) is 14.1 Å². The van der Waals surface area contributed by atoms with Gasteiger partial charge in [-0.15, -0.1) is 35.3 Å². The second-order valence-corrected chi connectivity index (χ2v) is 6.82. The van der Waals surface area contributed by atoms with E-state index in [-0.39, 0.29) is 29.9 Å². The summed E-state index contributed by atoms with van der Waals surface area (Å²) in [5, 5.41) is 12.3. The molecule has 0 spiro atoms. The van der Waals surface area contributed by atoms with E-state index in [1.165, 1.54) is 0 Å². The van der Waals surface area contributed by atoms with Gasteiger partial charge in [0.15, 0.2) is 5.96 Å². The van der Waals surface area contributed by atoms with Crippen LogP contribution >= 0.6 is 35.3 Å². The van der Waals surface area contributed by atoms with Gasteiger partial charge >= 0.3 is 0 Å². The number of aliphatic imine (C=N–C) groups is 1. The molecule has 0 saturated heterocycles. The lowest BCUT2D eigenvalue weighted by molar-refractivity contribution is 0.0963. The Morgan fingerprint density at radius 3 is 2.62 bits per heavy atom. The molecule has 26 heavy (non-hydrogen) atoms. The summed E-state index contributed by atoms with van der Waals surface area (Å²) < 4.78 is 0. The van der Waals surface area contributed by atoms with Gasteiger partial charge in [0.05, 0.1) is 12.2 Å². The van der Waals surface area contributed by atoms with Crippen molar-refractivity contribution in [3.8, 4) is 0 Å². The standard InChI is InChI=1S/C18H25N5OS.HI/c1-12(2)15-11-25-16(23-15)10-22-18(20-4)21-9-13-6-5-7-14(8-13)17(24)19-3;/h5-8,11-12H,9-10H2,1-4H3,(H,19,24)(H2,20,21,22);1H. The number of hydrogen-bond acceptors (Lipinski definition) is 4. The quantitative estimate of drug-likeness (QED) is 0.333. The third kappa shape index (κ3) is 6.56. The van der Waals surface area contributed by atoms with Gasteiger partial charge in [0.25, 0.3) is 5.91 Å². The number of benzene rings is 1. The van der Waals surface area contributed by atoms with Crippen molar-refractivity contribution in [3.63, 3.8) is 0 Å². The van der Waals surface area contributed by atoms with Crippen LogP contribution in [0.25, 0.3) is 0 Å². The van der Waals surface area contributed by atoms with E-state index >= 15 is 0 Å². The third-order valence-corrected chi connectivity index (χ3v) is 4.53. The summed E-state index contributed by atoms with van der Waals surface area (Å²) in [6.07, 6.45) is 0. The lowest BCUT2D eigenvalue weighted by Crippen LogP contribution is -2.36. The largest absolute Gasteiger partial charge is 0.355 e. The molecule has 6 nitrogen and oxygen atoms in total. The number of carbonyl (C=O) groups is 1. The predicted molar refractivity (Wildman–Crippen MR) is 118 cm³/mol. The van der Waals surface area contributed by atoms with Crippen molar-refractivity contribution < 1.29 is 4.79 Å². The molecule has 0 aliphatic rings. The van der Waals surface area contributed by atoms with E-state index in [1.807, 2.05) is 18.2 Å². The highest BCUT2D eigenvalue weighted by atomic mass is 127. The Balaban J connectivity index is 0.00000338. The van der Waals surface area contributed by atoms with Crippen LogP contribution in [0.1, 0.15) is 46.4 Å². The zero-order chi connectivity index (χ0) is 18.2. The van der Waals surface area contributed by atoms with Crippen LogP contribution in [0.4, 0.5) is 0 Å². The van der Waals surface area contributed by atoms with Gasteiger partial charge in [0.2, 0.25) is 0 Å². The summed E-state index contributed by atoms with van der Waals surface area (Å²) in [5.74, 6) is 1.05. The second-order valence-electron chi connectivity index (χ2n) is 5.88. The SMILES string of the molecule is CN=C(NCc1cccc(C(=O)NC)c1)NCc1nc(C(C)C)cs1.I. The average molecular weight is 487 g/mol. The van der Waals surface area contributed by atoms with Crippen molar-refractivity contribution in [2.24, 2.45) is 4.99 Å². The van der Waals surface area contributed by atoms with Gasteiger partial charge in [-0.1, -0.05) is 26.0 Å². The molecule has 142 valence electrons. The minimum absolute atomic E-state index is 0. The van der Waals surface area contributed by atoms with E-state index in [1.54, 1.807) is 31.5 Å². The Morgan fingerprint density at radius 1 is 1.27 bits per heavy atom. The number of nitrogens with zero attached hydrogens (tertiary/aromatic N) is 2. The summed E-state index contributed by atoms with van der Waals surface area (Å²) in [6, 6.07) is 7.52.